The summed E-state index contributed by atoms with van der Waals surface area (Å²) < 4.78 is 16.6. The SMILES string of the molecule is CC(C)C[C@H](NC(=O)C(Cc1ccccc1)NC(=O)c1cnccn1)B1OC(=O)[C@H]2COC[C@H](C(=O)O1)N2C. The number of hydrogen-bond acceptors (Lipinski definition) is 10. The van der Waals surface area contributed by atoms with Gasteiger partial charge in [-0.1, -0.05) is 44.2 Å². The van der Waals surface area contributed by atoms with Crippen LogP contribution >= 0.6 is 0 Å². The number of hydrogen-bond donors (Lipinski definition) is 2. The molecule has 2 aliphatic heterocycles. The molecule has 13 heteroatoms. The summed E-state index contributed by atoms with van der Waals surface area (Å²) in [4.78, 5) is 61.9. The number of amides is 2. The van der Waals surface area contributed by atoms with Crippen LogP contribution in [0.1, 0.15) is 36.3 Å². The first-order valence-electron chi connectivity index (χ1n) is 12.8. The average molecular weight is 537 g/mol. The smallest absolute Gasteiger partial charge is 0.497 e. The molecule has 1 aromatic heterocycles. The lowest BCUT2D eigenvalue weighted by Gasteiger charge is -2.40. The van der Waals surface area contributed by atoms with Crippen LogP contribution in [-0.2, 0) is 34.9 Å². The molecule has 4 atom stereocenters. The van der Waals surface area contributed by atoms with Crippen LogP contribution in [0.4, 0.5) is 0 Å². The molecule has 0 aliphatic carbocycles. The Morgan fingerprint density at radius 1 is 1.05 bits per heavy atom. The van der Waals surface area contributed by atoms with E-state index in [0.29, 0.717) is 6.42 Å². The second-order valence-corrected chi connectivity index (χ2v) is 10.0. The fourth-order valence-corrected chi connectivity index (χ4v) is 4.52. The number of nitrogens with one attached hydrogen (secondary N) is 2. The summed E-state index contributed by atoms with van der Waals surface area (Å²) in [7, 11) is 0.295. The number of benzene rings is 1. The zero-order valence-corrected chi connectivity index (χ0v) is 22.1. The number of aromatic nitrogens is 2. The van der Waals surface area contributed by atoms with Crippen molar-refractivity contribution in [1.29, 1.82) is 0 Å². The van der Waals surface area contributed by atoms with E-state index in [1.165, 1.54) is 18.6 Å². The fraction of sp³-hybridized carbons (Fsp3) is 0.462. The van der Waals surface area contributed by atoms with Crippen molar-refractivity contribution in [2.45, 2.75) is 50.8 Å². The number of morpholine rings is 1. The van der Waals surface area contributed by atoms with Crippen molar-refractivity contribution in [3.8, 4) is 0 Å². The Balaban J connectivity index is 1.56. The van der Waals surface area contributed by atoms with Crippen molar-refractivity contribution in [3.63, 3.8) is 0 Å². The van der Waals surface area contributed by atoms with Crippen LogP contribution in [0, 0.1) is 5.92 Å². The van der Waals surface area contributed by atoms with Gasteiger partial charge in [0.2, 0.25) is 5.91 Å². The highest BCUT2D eigenvalue weighted by atomic mass is 16.6. The Morgan fingerprint density at radius 2 is 1.72 bits per heavy atom. The molecular formula is C26H32BN5O7. The van der Waals surface area contributed by atoms with Crippen molar-refractivity contribution in [2.75, 3.05) is 20.3 Å². The van der Waals surface area contributed by atoms with Gasteiger partial charge in [-0.3, -0.25) is 29.1 Å². The van der Waals surface area contributed by atoms with Crippen molar-refractivity contribution in [2.24, 2.45) is 5.92 Å². The van der Waals surface area contributed by atoms with Gasteiger partial charge in [0.25, 0.3) is 5.91 Å². The molecule has 4 rings (SSSR count). The Morgan fingerprint density at radius 3 is 2.31 bits per heavy atom. The predicted octanol–water partition coefficient (Wildman–Crippen LogP) is 0.175. The highest BCUT2D eigenvalue weighted by molar-refractivity contribution is 6.51. The fourth-order valence-electron chi connectivity index (χ4n) is 4.52. The summed E-state index contributed by atoms with van der Waals surface area (Å²) >= 11 is 0. The van der Waals surface area contributed by atoms with Crippen LogP contribution in [0.5, 0.6) is 0 Å². The molecule has 1 unspecified atom stereocenters. The van der Waals surface area contributed by atoms with Gasteiger partial charge >= 0.3 is 19.1 Å². The maximum Gasteiger partial charge on any atom is 0.622 e. The molecule has 2 amide bonds. The Bertz CT molecular complexity index is 1140. The van der Waals surface area contributed by atoms with Crippen molar-refractivity contribution >= 4 is 30.9 Å². The normalized spacial score (nSPS) is 21.2. The second-order valence-electron chi connectivity index (χ2n) is 10.0. The number of rotatable bonds is 9. The van der Waals surface area contributed by atoms with Gasteiger partial charge in [0, 0.05) is 18.8 Å². The van der Waals surface area contributed by atoms with Gasteiger partial charge in [-0.15, -0.1) is 0 Å². The lowest BCUT2D eigenvalue weighted by atomic mass is 9.73. The minimum absolute atomic E-state index is 0.0467. The third-order valence-electron chi connectivity index (χ3n) is 6.63. The molecule has 2 saturated heterocycles. The number of nitrogens with zero attached hydrogens (tertiary/aromatic N) is 3. The molecule has 0 saturated carbocycles. The zero-order valence-electron chi connectivity index (χ0n) is 22.1. The third kappa shape index (κ3) is 7.18. The van der Waals surface area contributed by atoms with Crippen LogP contribution in [0.25, 0.3) is 0 Å². The maximum atomic E-state index is 13.6. The molecule has 2 fully saturated rings. The van der Waals surface area contributed by atoms with E-state index in [9.17, 15) is 19.2 Å². The maximum absolute atomic E-state index is 13.6. The lowest BCUT2D eigenvalue weighted by molar-refractivity contribution is -0.166. The van der Waals surface area contributed by atoms with Crippen LogP contribution in [-0.4, -0.2) is 90.1 Å². The topological polar surface area (TPSA) is 149 Å². The largest absolute Gasteiger partial charge is 0.622 e. The Labute approximate surface area is 226 Å². The first kappa shape index (κ1) is 28.2. The van der Waals surface area contributed by atoms with Gasteiger partial charge in [-0.05, 0) is 24.9 Å². The van der Waals surface area contributed by atoms with Gasteiger partial charge in [-0.2, -0.15) is 0 Å². The molecule has 12 nitrogen and oxygen atoms in total. The van der Waals surface area contributed by atoms with Crippen LogP contribution in [0.3, 0.4) is 0 Å². The minimum atomic E-state index is -1.35. The van der Waals surface area contributed by atoms with Crippen LogP contribution in [0.2, 0.25) is 0 Å². The number of carbonyl (C=O) groups excluding carboxylic acids is 4. The minimum Gasteiger partial charge on any atom is -0.497 e. The zero-order chi connectivity index (χ0) is 27.9. The summed E-state index contributed by atoms with van der Waals surface area (Å²) in [6.45, 7) is 4.03. The first-order valence-corrected chi connectivity index (χ1v) is 12.8. The average Bonchev–Trinajstić information content (AvgIpc) is 2.92. The quantitative estimate of drug-likeness (QED) is 0.424. The van der Waals surface area contributed by atoms with E-state index in [4.69, 9.17) is 14.0 Å². The molecule has 2 bridgehead atoms. The molecule has 0 radical (unpaired) electrons. The standard InChI is InChI=1S/C26H32BN5O7/c1-16(2)11-22(27-38-25(35)20-14-37-15-21(32(20)3)26(36)39-27)31-23(33)18(12-17-7-5-4-6-8-17)30-24(34)19-13-28-9-10-29-19/h4-10,13,16,18,20-22H,11-12,14-15H2,1-3H3,(H,30,34)(H,31,33)/t18?,20-,21-,22+/m1/s1. The van der Waals surface area contributed by atoms with E-state index in [1.807, 2.05) is 44.2 Å². The second kappa shape index (κ2) is 12.8. The summed E-state index contributed by atoms with van der Waals surface area (Å²) in [6.07, 6.45) is 4.66. The Hall–Kier alpha value is -3.84. The van der Waals surface area contributed by atoms with E-state index in [0.717, 1.165) is 5.56 Å². The van der Waals surface area contributed by atoms with Crippen molar-refractivity contribution in [1.82, 2.24) is 25.5 Å². The van der Waals surface area contributed by atoms with E-state index in [1.54, 1.807) is 11.9 Å². The molecule has 3 heterocycles. The number of fused-ring (bicyclic) bond motifs is 2. The Kier molecular flexibility index (Phi) is 9.26. The van der Waals surface area contributed by atoms with Gasteiger partial charge in [0.15, 0.2) is 0 Å². The lowest BCUT2D eigenvalue weighted by Crippen LogP contribution is -2.64. The summed E-state index contributed by atoms with van der Waals surface area (Å²) in [5, 5.41) is 5.60. The molecule has 1 aromatic carbocycles. The monoisotopic (exact) mass is 537 g/mol. The van der Waals surface area contributed by atoms with Crippen LogP contribution < -0.4 is 10.6 Å². The van der Waals surface area contributed by atoms with Crippen molar-refractivity contribution < 1.29 is 33.2 Å². The van der Waals surface area contributed by atoms with Gasteiger partial charge in [0.1, 0.15) is 23.8 Å². The van der Waals surface area contributed by atoms with Gasteiger partial charge < -0.3 is 24.7 Å². The molecule has 2 N–H and O–H groups in total. The molecule has 206 valence electrons. The third-order valence-corrected chi connectivity index (χ3v) is 6.63. The number of ether oxygens (including phenoxy) is 1. The summed E-state index contributed by atoms with van der Waals surface area (Å²) in [6, 6.07) is 6.66. The van der Waals surface area contributed by atoms with Gasteiger partial charge in [-0.25, -0.2) is 4.98 Å². The predicted molar refractivity (Wildman–Crippen MR) is 139 cm³/mol. The molecule has 0 spiro atoms. The number of likely N-dealkylation sites (N-methyl/N-ethyl adjacent to an activating group) is 1. The van der Waals surface area contributed by atoms with Crippen LogP contribution in [0.15, 0.2) is 48.9 Å². The molecule has 2 aliphatic rings. The highest BCUT2D eigenvalue weighted by Crippen LogP contribution is 2.21. The molecule has 39 heavy (non-hydrogen) atoms. The molecule has 2 aromatic rings. The van der Waals surface area contributed by atoms with E-state index < -0.39 is 54.9 Å². The number of carbonyl (C=O) groups is 4. The van der Waals surface area contributed by atoms with E-state index >= 15 is 0 Å². The first-order chi connectivity index (χ1) is 18.7. The van der Waals surface area contributed by atoms with Gasteiger partial charge in [0.05, 0.1) is 25.4 Å². The molecular weight excluding hydrogens is 505 g/mol. The summed E-state index contributed by atoms with van der Waals surface area (Å²) in [5.74, 6) is -3.14. The van der Waals surface area contributed by atoms with E-state index in [-0.39, 0.29) is 31.2 Å². The summed E-state index contributed by atoms with van der Waals surface area (Å²) in [5.41, 5.74) is 0.875. The van der Waals surface area contributed by atoms with E-state index in [2.05, 4.69) is 20.6 Å². The van der Waals surface area contributed by atoms with Crippen molar-refractivity contribution in [3.05, 3.63) is 60.2 Å². The highest BCUT2D eigenvalue weighted by Gasteiger charge is 2.48.